The minimum absolute atomic E-state index is 0.194. The summed E-state index contributed by atoms with van der Waals surface area (Å²) in [6.07, 6.45) is 1.37. The highest BCUT2D eigenvalue weighted by molar-refractivity contribution is 8.00. The van der Waals surface area contributed by atoms with Crippen LogP contribution in [-0.4, -0.2) is 29.7 Å². The van der Waals surface area contributed by atoms with Gasteiger partial charge in [-0.2, -0.15) is 0 Å². The maximum atomic E-state index is 11.8. The van der Waals surface area contributed by atoms with Crippen molar-refractivity contribution in [1.29, 1.82) is 0 Å². The van der Waals surface area contributed by atoms with Gasteiger partial charge < -0.3 is 10.1 Å². The van der Waals surface area contributed by atoms with Crippen molar-refractivity contribution in [3.8, 4) is 0 Å². The van der Waals surface area contributed by atoms with E-state index in [-0.39, 0.29) is 11.7 Å². The molecule has 1 heterocycles. The van der Waals surface area contributed by atoms with Gasteiger partial charge in [-0.25, -0.2) is 9.78 Å². The van der Waals surface area contributed by atoms with E-state index in [9.17, 15) is 9.59 Å². The maximum Gasteiger partial charge on any atom is 0.349 e. The molecule has 1 N–H and O–H groups in total. The Bertz CT molecular complexity index is 643. The fourth-order valence-electron chi connectivity index (χ4n) is 1.36. The Morgan fingerprint density at radius 3 is 2.76 bits per heavy atom. The molecule has 2 aromatic rings. The quantitative estimate of drug-likeness (QED) is 0.667. The van der Waals surface area contributed by atoms with Gasteiger partial charge in [0.2, 0.25) is 5.91 Å². The molecule has 0 spiro atoms. The molecule has 0 fully saturated rings. The van der Waals surface area contributed by atoms with E-state index in [1.165, 1.54) is 25.1 Å². The van der Waals surface area contributed by atoms with Gasteiger partial charge in [0.15, 0.2) is 5.13 Å². The fourth-order valence-corrected chi connectivity index (χ4v) is 2.94. The van der Waals surface area contributed by atoms with Crippen LogP contribution in [0.25, 0.3) is 0 Å². The molecule has 8 heteroatoms. The number of nitrogens with one attached hydrogen (secondary N) is 1. The highest BCUT2D eigenvalue weighted by atomic mass is 35.5. The van der Waals surface area contributed by atoms with Crippen molar-refractivity contribution >= 4 is 51.7 Å². The lowest BCUT2D eigenvalue weighted by Crippen LogP contribution is -2.13. The number of methoxy groups -OCH3 is 1. The van der Waals surface area contributed by atoms with Gasteiger partial charge in [-0.15, -0.1) is 11.8 Å². The second-order valence-electron chi connectivity index (χ2n) is 3.81. The number of carbonyl (C=O) groups is 2. The van der Waals surface area contributed by atoms with E-state index in [1.54, 1.807) is 12.1 Å². The molecule has 1 aromatic carbocycles. The molecule has 0 aliphatic rings. The standard InChI is InChI=1S/C13H11ClN2O3S2/c1-19-12(18)10-6-15-13(21-10)16-11(17)7-20-9-4-2-8(14)3-5-9/h2-6H,7H2,1H3,(H,15,16,17). The zero-order valence-electron chi connectivity index (χ0n) is 11.0. The van der Waals surface area contributed by atoms with Crippen LogP contribution < -0.4 is 5.32 Å². The molecule has 0 radical (unpaired) electrons. The zero-order valence-corrected chi connectivity index (χ0v) is 13.3. The summed E-state index contributed by atoms with van der Waals surface area (Å²) in [5, 5.41) is 3.66. The lowest BCUT2D eigenvalue weighted by molar-refractivity contribution is -0.113. The first-order valence-electron chi connectivity index (χ1n) is 5.81. The lowest BCUT2D eigenvalue weighted by atomic mass is 10.4. The van der Waals surface area contributed by atoms with Crippen molar-refractivity contribution in [2.24, 2.45) is 0 Å². The molecule has 0 aliphatic heterocycles. The summed E-state index contributed by atoms with van der Waals surface area (Å²) in [4.78, 5) is 28.3. The maximum absolute atomic E-state index is 11.8. The number of hydrogen-bond acceptors (Lipinski definition) is 6. The summed E-state index contributed by atoms with van der Waals surface area (Å²) >= 11 is 8.25. The molecule has 0 bridgehead atoms. The number of thiazole rings is 1. The first kappa shape index (κ1) is 15.8. The largest absolute Gasteiger partial charge is 0.465 e. The van der Waals surface area contributed by atoms with Crippen LogP contribution in [0.5, 0.6) is 0 Å². The van der Waals surface area contributed by atoms with Crippen LogP contribution in [-0.2, 0) is 9.53 Å². The molecule has 0 unspecified atom stereocenters. The molecule has 21 heavy (non-hydrogen) atoms. The third kappa shape index (κ3) is 4.73. The van der Waals surface area contributed by atoms with E-state index in [0.29, 0.717) is 15.0 Å². The van der Waals surface area contributed by atoms with Gasteiger partial charge in [0, 0.05) is 9.92 Å². The van der Waals surface area contributed by atoms with Crippen molar-refractivity contribution in [3.05, 3.63) is 40.4 Å². The van der Waals surface area contributed by atoms with Gasteiger partial charge in [-0.3, -0.25) is 4.79 Å². The smallest absolute Gasteiger partial charge is 0.349 e. The molecular weight excluding hydrogens is 332 g/mol. The number of aromatic nitrogens is 1. The number of amides is 1. The zero-order chi connectivity index (χ0) is 15.2. The average molecular weight is 343 g/mol. The number of anilines is 1. The third-order valence-corrected chi connectivity index (χ3v) is 4.48. The summed E-state index contributed by atoms with van der Waals surface area (Å²) in [7, 11) is 1.29. The van der Waals surface area contributed by atoms with Crippen molar-refractivity contribution < 1.29 is 14.3 Å². The molecule has 0 saturated heterocycles. The Hall–Kier alpha value is -1.57. The topological polar surface area (TPSA) is 68.3 Å². The van der Waals surface area contributed by atoms with Crippen LogP contribution in [0, 0.1) is 0 Å². The van der Waals surface area contributed by atoms with Gasteiger partial charge in [-0.05, 0) is 24.3 Å². The highest BCUT2D eigenvalue weighted by Gasteiger charge is 2.12. The number of nitrogens with zero attached hydrogens (tertiary/aromatic N) is 1. The van der Waals surface area contributed by atoms with Gasteiger partial charge >= 0.3 is 5.97 Å². The van der Waals surface area contributed by atoms with Gasteiger partial charge in [0.25, 0.3) is 0 Å². The molecular formula is C13H11ClN2O3S2. The monoisotopic (exact) mass is 342 g/mol. The van der Waals surface area contributed by atoms with Gasteiger partial charge in [-0.1, -0.05) is 22.9 Å². The van der Waals surface area contributed by atoms with E-state index in [0.717, 1.165) is 16.2 Å². The van der Waals surface area contributed by atoms with E-state index < -0.39 is 5.97 Å². The van der Waals surface area contributed by atoms with Gasteiger partial charge in [0.1, 0.15) is 4.88 Å². The first-order valence-corrected chi connectivity index (χ1v) is 7.99. The van der Waals surface area contributed by atoms with Gasteiger partial charge in [0.05, 0.1) is 19.1 Å². The SMILES string of the molecule is COC(=O)c1cnc(NC(=O)CSc2ccc(Cl)cc2)s1. The summed E-state index contributed by atoms with van der Waals surface area (Å²) < 4.78 is 4.57. The van der Waals surface area contributed by atoms with Crippen molar-refractivity contribution in [2.75, 3.05) is 18.2 Å². The lowest BCUT2D eigenvalue weighted by Gasteiger charge is -2.02. The van der Waals surface area contributed by atoms with E-state index in [4.69, 9.17) is 11.6 Å². The van der Waals surface area contributed by atoms with Crippen LogP contribution >= 0.6 is 34.7 Å². The van der Waals surface area contributed by atoms with Crippen LogP contribution in [0.4, 0.5) is 5.13 Å². The number of thioether (sulfide) groups is 1. The molecule has 0 atom stereocenters. The molecule has 5 nitrogen and oxygen atoms in total. The summed E-state index contributed by atoms with van der Waals surface area (Å²) in [6.45, 7) is 0. The number of hydrogen-bond donors (Lipinski definition) is 1. The van der Waals surface area contributed by atoms with E-state index in [1.807, 2.05) is 12.1 Å². The number of ether oxygens (including phenoxy) is 1. The Labute approximate surface area is 134 Å². The summed E-state index contributed by atoms with van der Waals surface area (Å²) in [5.74, 6) is -0.418. The Balaban J connectivity index is 1.85. The Kier molecular flexibility index (Phi) is 5.60. The second-order valence-corrected chi connectivity index (χ2v) is 6.33. The molecule has 2 rings (SSSR count). The number of esters is 1. The Morgan fingerprint density at radius 2 is 2.10 bits per heavy atom. The van der Waals surface area contributed by atoms with E-state index >= 15 is 0 Å². The minimum atomic E-state index is -0.469. The highest BCUT2D eigenvalue weighted by Crippen LogP contribution is 2.22. The first-order chi connectivity index (χ1) is 10.1. The predicted octanol–water partition coefficient (Wildman–Crippen LogP) is 3.31. The van der Waals surface area contributed by atoms with Crippen LogP contribution in [0.3, 0.4) is 0 Å². The second kappa shape index (κ2) is 7.44. The molecule has 110 valence electrons. The number of carbonyl (C=O) groups excluding carboxylic acids is 2. The van der Waals surface area contributed by atoms with Crippen LogP contribution in [0.1, 0.15) is 9.67 Å². The fraction of sp³-hybridized carbons (Fsp3) is 0.154. The molecule has 0 aliphatic carbocycles. The van der Waals surface area contributed by atoms with Crippen molar-refractivity contribution in [3.63, 3.8) is 0 Å². The van der Waals surface area contributed by atoms with Crippen LogP contribution in [0.2, 0.25) is 5.02 Å². The minimum Gasteiger partial charge on any atom is -0.465 e. The summed E-state index contributed by atoms with van der Waals surface area (Å²) in [5.41, 5.74) is 0. The number of benzene rings is 1. The van der Waals surface area contributed by atoms with Crippen LogP contribution in [0.15, 0.2) is 35.4 Å². The number of halogens is 1. The summed E-state index contributed by atoms with van der Waals surface area (Å²) in [6, 6.07) is 7.23. The molecule has 1 aromatic heterocycles. The van der Waals surface area contributed by atoms with E-state index in [2.05, 4.69) is 15.0 Å². The normalized spacial score (nSPS) is 10.2. The third-order valence-electron chi connectivity index (χ3n) is 2.32. The Morgan fingerprint density at radius 1 is 1.38 bits per heavy atom. The average Bonchev–Trinajstić information content (AvgIpc) is 2.94. The molecule has 0 saturated carbocycles. The van der Waals surface area contributed by atoms with Crippen molar-refractivity contribution in [1.82, 2.24) is 4.98 Å². The number of rotatable bonds is 5. The van der Waals surface area contributed by atoms with Crippen molar-refractivity contribution in [2.45, 2.75) is 4.90 Å². The molecule has 1 amide bonds. The predicted molar refractivity (Wildman–Crippen MR) is 84.3 cm³/mol.